The second-order valence-electron chi connectivity index (χ2n) is 5.79. The molecule has 2 aromatic carbocycles. The zero-order valence-corrected chi connectivity index (χ0v) is 17.3. The number of carbonyl (C=O) groups excluding carboxylic acids is 1. The van der Waals surface area contributed by atoms with Gasteiger partial charge in [0.2, 0.25) is 0 Å². The van der Waals surface area contributed by atoms with Crippen LogP contribution in [0.1, 0.15) is 25.0 Å². The molecule has 0 saturated heterocycles. The number of rotatable bonds is 7. The van der Waals surface area contributed by atoms with Gasteiger partial charge in [-0.15, -0.1) is 0 Å². The van der Waals surface area contributed by atoms with Crippen LogP contribution in [0.25, 0.3) is 0 Å². The van der Waals surface area contributed by atoms with Gasteiger partial charge in [-0.1, -0.05) is 55.2 Å². The Bertz CT molecular complexity index is 927. The summed E-state index contributed by atoms with van der Waals surface area (Å²) in [4.78, 5) is 11.9. The summed E-state index contributed by atoms with van der Waals surface area (Å²) in [6.07, 6.45) is 1.20. The summed E-state index contributed by atoms with van der Waals surface area (Å²) in [6.45, 7) is 3.39. The molecule has 0 heterocycles. The Morgan fingerprint density at radius 3 is 2.15 bits per heavy atom. The number of sulfonamides is 1. The maximum absolute atomic E-state index is 13.4. The van der Waals surface area contributed by atoms with E-state index < -0.39 is 22.5 Å². The molecule has 0 saturated carbocycles. The van der Waals surface area contributed by atoms with E-state index >= 15 is 0 Å². The number of hydrazine groups is 1. The van der Waals surface area contributed by atoms with Gasteiger partial charge in [0, 0.05) is 0 Å². The maximum Gasteiger partial charge on any atom is 0.264 e. The fourth-order valence-corrected chi connectivity index (χ4v) is 4.65. The van der Waals surface area contributed by atoms with Crippen molar-refractivity contribution in [2.24, 2.45) is 5.84 Å². The summed E-state index contributed by atoms with van der Waals surface area (Å²) in [5, 5.41) is 0.352. The molecule has 3 N–H and O–H groups in total. The number of hydrogen-bond donors (Lipinski definition) is 2. The smallest absolute Gasteiger partial charge is 0.264 e. The van der Waals surface area contributed by atoms with Gasteiger partial charge in [0.05, 0.1) is 20.6 Å². The molecule has 0 fully saturated rings. The van der Waals surface area contributed by atoms with E-state index in [1.54, 1.807) is 0 Å². The minimum absolute atomic E-state index is 0.0605. The third-order valence-electron chi connectivity index (χ3n) is 4.14. The van der Waals surface area contributed by atoms with Gasteiger partial charge >= 0.3 is 0 Å². The first kappa shape index (κ1) is 21.5. The van der Waals surface area contributed by atoms with Gasteiger partial charge in [0.15, 0.2) is 0 Å². The zero-order chi connectivity index (χ0) is 20.2. The first-order valence-corrected chi connectivity index (χ1v) is 10.5. The Morgan fingerprint density at radius 1 is 1.07 bits per heavy atom. The second kappa shape index (κ2) is 8.93. The number of benzene rings is 2. The Labute approximate surface area is 169 Å². The molecule has 0 spiro atoms. The van der Waals surface area contributed by atoms with E-state index in [9.17, 15) is 13.2 Å². The molecule has 9 heteroatoms. The third kappa shape index (κ3) is 4.55. The van der Waals surface area contributed by atoms with Crippen LogP contribution in [0.15, 0.2) is 41.3 Å². The van der Waals surface area contributed by atoms with Crippen LogP contribution in [-0.2, 0) is 27.7 Å². The van der Waals surface area contributed by atoms with Crippen LogP contribution in [0.3, 0.4) is 0 Å². The molecule has 2 rings (SSSR count). The SMILES string of the molecule is CCc1cccc(CC)c1N(CC(=O)NN)S(=O)(=O)c1ccc(Cl)c(Cl)c1. The standard InChI is InChI=1S/C18H21Cl2N3O3S/c1-3-12-6-5-7-13(4-2)18(12)23(11-17(24)22-21)27(25,26)14-8-9-15(19)16(20)10-14/h5-10H,3-4,11,21H2,1-2H3,(H,22,24). The quantitative estimate of drug-likeness (QED) is 0.401. The average Bonchev–Trinajstić information content (AvgIpc) is 2.67. The predicted octanol–water partition coefficient (Wildman–Crippen LogP) is 3.30. The van der Waals surface area contributed by atoms with Crippen LogP contribution in [0.2, 0.25) is 10.0 Å². The van der Waals surface area contributed by atoms with Crippen molar-refractivity contribution in [1.29, 1.82) is 0 Å². The van der Waals surface area contributed by atoms with Crippen LogP contribution < -0.4 is 15.6 Å². The summed E-state index contributed by atoms with van der Waals surface area (Å²) in [5.74, 6) is 4.57. The summed E-state index contributed by atoms with van der Waals surface area (Å²) in [5.41, 5.74) is 4.09. The van der Waals surface area contributed by atoms with E-state index in [1.165, 1.54) is 18.2 Å². The van der Waals surface area contributed by atoms with Gasteiger partial charge in [0.1, 0.15) is 6.54 Å². The molecule has 0 atom stereocenters. The number of para-hydroxylation sites is 1. The number of carbonyl (C=O) groups is 1. The lowest BCUT2D eigenvalue weighted by atomic mass is 10.0. The molecule has 0 radical (unpaired) electrons. The first-order chi connectivity index (χ1) is 12.8. The number of hydrogen-bond acceptors (Lipinski definition) is 4. The normalized spacial score (nSPS) is 11.3. The summed E-state index contributed by atoms with van der Waals surface area (Å²) in [7, 11) is -4.09. The van der Waals surface area contributed by atoms with Gasteiger partial charge in [-0.3, -0.25) is 14.5 Å². The molecule has 0 bridgehead atoms. The van der Waals surface area contributed by atoms with Gasteiger partial charge in [-0.25, -0.2) is 14.3 Å². The van der Waals surface area contributed by atoms with Crippen molar-refractivity contribution in [3.05, 3.63) is 57.6 Å². The Kier molecular flexibility index (Phi) is 7.11. The molecule has 6 nitrogen and oxygen atoms in total. The fraction of sp³-hybridized carbons (Fsp3) is 0.278. The molecule has 0 unspecified atom stereocenters. The minimum Gasteiger partial charge on any atom is -0.293 e. The van der Waals surface area contributed by atoms with E-state index in [0.717, 1.165) is 15.4 Å². The zero-order valence-electron chi connectivity index (χ0n) is 15.0. The number of anilines is 1. The van der Waals surface area contributed by atoms with E-state index in [-0.39, 0.29) is 14.9 Å². The maximum atomic E-state index is 13.4. The van der Waals surface area contributed by atoms with Crippen molar-refractivity contribution in [3.8, 4) is 0 Å². The summed E-state index contributed by atoms with van der Waals surface area (Å²) < 4.78 is 27.9. The van der Waals surface area contributed by atoms with Crippen LogP contribution >= 0.6 is 23.2 Å². The molecule has 0 aliphatic heterocycles. The summed E-state index contributed by atoms with van der Waals surface area (Å²) >= 11 is 11.9. The van der Waals surface area contributed by atoms with Gasteiger partial charge in [-0.2, -0.15) is 0 Å². The Balaban J connectivity index is 2.72. The van der Waals surface area contributed by atoms with Crippen molar-refractivity contribution in [2.75, 3.05) is 10.8 Å². The van der Waals surface area contributed by atoms with Crippen LogP contribution in [0.5, 0.6) is 0 Å². The molecular weight excluding hydrogens is 409 g/mol. The molecule has 146 valence electrons. The van der Waals surface area contributed by atoms with Crippen molar-refractivity contribution >= 4 is 44.8 Å². The van der Waals surface area contributed by atoms with Crippen LogP contribution in [0.4, 0.5) is 5.69 Å². The minimum atomic E-state index is -4.09. The molecule has 2 aromatic rings. The predicted molar refractivity (Wildman–Crippen MR) is 109 cm³/mol. The lowest BCUT2D eigenvalue weighted by molar-refractivity contribution is -0.119. The van der Waals surface area contributed by atoms with Gasteiger partial charge in [-0.05, 0) is 42.2 Å². The highest BCUT2D eigenvalue weighted by Crippen LogP contribution is 2.33. The molecule has 0 aliphatic carbocycles. The van der Waals surface area contributed by atoms with E-state index in [2.05, 4.69) is 0 Å². The number of nitrogens with two attached hydrogens (primary N) is 1. The highest BCUT2D eigenvalue weighted by Gasteiger charge is 2.30. The first-order valence-electron chi connectivity index (χ1n) is 8.34. The molecular formula is C18H21Cl2N3O3S. The number of halogens is 2. The summed E-state index contributed by atoms with van der Waals surface area (Å²) in [6, 6.07) is 9.58. The van der Waals surface area contributed by atoms with Crippen molar-refractivity contribution < 1.29 is 13.2 Å². The number of nitrogens with one attached hydrogen (secondary N) is 1. The number of aryl methyl sites for hydroxylation is 2. The van der Waals surface area contributed by atoms with Crippen molar-refractivity contribution in [3.63, 3.8) is 0 Å². The lowest BCUT2D eigenvalue weighted by Crippen LogP contribution is -2.43. The fourth-order valence-electron chi connectivity index (χ4n) is 2.76. The van der Waals surface area contributed by atoms with Crippen LogP contribution in [0, 0.1) is 0 Å². The largest absolute Gasteiger partial charge is 0.293 e. The number of amides is 1. The Morgan fingerprint density at radius 2 is 1.67 bits per heavy atom. The topological polar surface area (TPSA) is 92.5 Å². The monoisotopic (exact) mass is 429 g/mol. The number of nitrogens with zero attached hydrogens (tertiary/aromatic N) is 1. The third-order valence-corrected chi connectivity index (χ3v) is 6.62. The van der Waals surface area contributed by atoms with E-state index in [4.69, 9.17) is 29.0 Å². The lowest BCUT2D eigenvalue weighted by Gasteiger charge is -2.28. The molecule has 0 aromatic heterocycles. The molecule has 27 heavy (non-hydrogen) atoms. The van der Waals surface area contributed by atoms with Gasteiger partial charge in [0.25, 0.3) is 15.9 Å². The van der Waals surface area contributed by atoms with Crippen molar-refractivity contribution in [2.45, 2.75) is 31.6 Å². The van der Waals surface area contributed by atoms with Crippen LogP contribution in [-0.4, -0.2) is 20.9 Å². The molecule has 1 amide bonds. The second-order valence-corrected chi connectivity index (χ2v) is 8.46. The van der Waals surface area contributed by atoms with E-state index in [1.807, 2.05) is 37.5 Å². The molecule has 0 aliphatic rings. The highest BCUT2D eigenvalue weighted by atomic mass is 35.5. The highest BCUT2D eigenvalue weighted by molar-refractivity contribution is 7.92. The van der Waals surface area contributed by atoms with E-state index in [0.29, 0.717) is 18.5 Å². The Hall–Kier alpha value is -1.80. The van der Waals surface area contributed by atoms with Crippen molar-refractivity contribution in [1.82, 2.24) is 5.43 Å². The average molecular weight is 430 g/mol. The van der Waals surface area contributed by atoms with Gasteiger partial charge < -0.3 is 0 Å².